The van der Waals surface area contributed by atoms with Crippen LogP contribution in [0.5, 0.6) is 5.75 Å². The molecule has 1 aliphatic rings. The molecule has 2 aromatic carbocycles. The van der Waals surface area contributed by atoms with Gasteiger partial charge >= 0.3 is 8.60 Å². The van der Waals surface area contributed by atoms with E-state index in [2.05, 4.69) is 4.99 Å². The van der Waals surface area contributed by atoms with Crippen molar-refractivity contribution in [2.45, 2.75) is 32.1 Å². The van der Waals surface area contributed by atoms with Gasteiger partial charge in [-0.15, -0.1) is 0 Å². The van der Waals surface area contributed by atoms with Crippen molar-refractivity contribution >= 4 is 20.8 Å². The standard InChI is InChI=1S/C24H28N3O6P/c1-24(2,29)12-13-32-19-10-8-17(9-11-19)20-14-27(18-6-4-3-5-7-18)22-21(20)23(28)26(15-25-22)16-33-34(30)31/h3-11,14-15,23,28-31H,12-13,16H2,1-2H3. The van der Waals surface area contributed by atoms with Crippen LogP contribution in [0.3, 0.4) is 0 Å². The molecular weight excluding hydrogens is 457 g/mol. The third-order valence-corrected chi connectivity index (χ3v) is 5.77. The number of para-hydroxylation sites is 1. The van der Waals surface area contributed by atoms with Crippen LogP contribution in [0.2, 0.25) is 0 Å². The van der Waals surface area contributed by atoms with Gasteiger partial charge in [0.2, 0.25) is 0 Å². The zero-order chi connectivity index (χ0) is 24.3. The van der Waals surface area contributed by atoms with E-state index < -0.39 is 20.4 Å². The van der Waals surface area contributed by atoms with E-state index in [9.17, 15) is 10.2 Å². The van der Waals surface area contributed by atoms with Gasteiger partial charge in [-0.05, 0) is 43.7 Å². The lowest BCUT2D eigenvalue weighted by molar-refractivity contribution is 0.00970. The van der Waals surface area contributed by atoms with Crippen LogP contribution in [0.25, 0.3) is 16.8 Å². The molecule has 0 aliphatic carbocycles. The third-order valence-electron chi connectivity index (χ3n) is 5.42. The Morgan fingerprint density at radius 2 is 1.76 bits per heavy atom. The first-order valence-electron chi connectivity index (χ1n) is 10.8. The molecule has 9 nitrogen and oxygen atoms in total. The number of hydrogen-bond donors (Lipinski definition) is 4. The van der Waals surface area contributed by atoms with Crippen LogP contribution in [0.4, 0.5) is 5.82 Å². The van der Waals surface area contributed by atoms with Crippen LogP contribution in [0.15, 0.2) is 65.8 Å². The fraction of sp³-hybridized carbons (Fsp3) is 0.292. The smallest absolute Gasteiger partial charge is 0.328 e. The van der Waals surface area contributed by atoms with Crippen LogP contribution in [-0.4, -0.2) is 54.7 Å². The molecule has 34 heavy (non-hydrogen) atoms. The average Bonchev–Trinajstić information content (AvgIpc) is 3.19. The minimum Gasteiger partial charge on any atom is -0.493 e. The van der Waals surface area contributed by atoms with E-state index in [1.54, 1.807) is 13.8 Å². The zero-order valence-electron chi connectivity index (χ0n) is 18.9. The summed E-state index contributed by atoms with van der Waals surface area (Å²) in [7, 11) is -2.56. The van der Waals surface area contributed by atoms with Crippen molar-refractivity contribution in [1.82, 2.24) is 9.47 Å². The number of nitrogens with zero attached hydrogens (tertiary/aromatic N) is 3. The van der Waals surface area contributed by atoms with Crippen molar-refractivity contribution < 1.29 is 29.3 Å². The number of rotatable bonds is 9. The summed E-state index contributed by atoms with van der Waals surface area (Å²) in [5.74, 6) is 1.25. The van der Waals surface area contributed by atoms with Gasteiger partial charge in [0.25, 0.3) is 0 Å². The minimum absolute atomic E-state index is 0.229. The maximum Gasteiger partial charge on any atom is 0.328 e. The van der Waals surface area contributed by atoms with Gasteiger partial charge < -0.3 is 34.2 Å². The number of fused-ring (bicyclic) bond motifs is 1. The minimum atomic E-state index is -2.56. The van der Waals surface area contributed by atoms with Gasteiger partial charge in [-0.1, -0.05) is 30.3 Å². The van der Waals surface area contributed by atoms with E-state index in [-0.39, 0.29) is 6.73 Å². The molecule has 4 rings (SSSR count). The Morgan fingerprint density at radius 1 is 1.06 bits per heavy atom. The molecule has 3 aromatic rings. The Morgan fingerprint density at radius 3 is 2.41 bits per heavy atom. The second-order valence-electron chi connectivity index (χ2n) is 8.56. The predicted molar refractivity (Wildman–Crippen MR) is 130 cm³/mol. The van der Waals surface area contributed by atoms with Gasteiger partial charge in [0, 0.05) is 23.9 Å². The molecule has 2 heterocycles. The van der Waals surface area contributed by atoms with E-state index in [1.807, 2.05) is 65.4 Å². The normalized spacial score (nSPS) is 15.6. The van der Waals surface area contributed by atoms with Crippen LogP contribution in [-0.2, 0) is 4.52 Å². The maximum atomic E-state index is 11.1. The molecule has 0 saturated carbocycles. The first-order valence-corrected chi connectivity index (χ1v) is 11.9. The molecule has 1 unspecified atom stereocenters. The van der Waals surface area contributed by atoms with Gasteiger partial charge in [-0.25, -0.2) is 4.99 Å². The van der Waals surface area contributed by atoms with E-state index in [1.165, 1.54) is 11.2 Å². The van der Waals surface area contributed by atoms with E-state index in [4.69, 9.17) is 19.0 Å². The molecule has 1 aliphatic heterocycles. The molecule has 0 spiro atoms. The van der Waals surface area contributed by atoms with Crippen LogP contribution < -0.4 is 4.74 Å². The lowest BCUT2D eigenvalue weighted by Crippen LogP contribution is -2.31. The van der Waals surface area contributed by atoms with Crippen molar-refractivity contribution in [3.05, 3.63) is 66.4 Å². The molecule has 0 radical (unpaired) electrons. The van der Waals surface area contributed by atoms with Gasteiger partial charge in [0.15, 0.2) is 6.23 Å². The molecule has 10 heteroatoms. The number of aliphatic hydroxyl groups excluding tert-OH is 1. The highest BCUT2D eigenvalue weighted by molar-refractivity contribution is 7.39. The lowest BCUT2D eigenvalue weighted by atomic mass is 10.0. The summed E-state index contributed by atoms with van der Waals surface area (Å²) >= 11 is 0. The number of hydrogen-bond acceptors (Lipinski definition) is 8. The third kappa shape index (κ3) is 5.64. The highest BCUT2D eigenvalue weighted by Gasteiger charge is 2.30. The summed E-state index contributed by atoms with van der Waals surface area (Å²) in [6.45, 7) is 3.64. The lowest BCUT2D eigenvalue weighted by Gasteiger charge is -2.29. The molecule has 4 N–H and O–H groups in total. The Kier molecular flexibility index (Phi) is 7.33. The van der Waals surface area contributed by atoms with Crippen LogP contribution in [0, 0.1) is 0 Å². The number of aromatic nitrogens is 1. The van der Waals surface area contributed by atoms with Gasteiger partial charge in [0.1, 0.15) is 18.3 Å². The van der Waals surface area contributed by atoms with Gasteiger partial charge in [-0.3, -0.25) is 4.52 Å². The Hall–Kier alpha value is -2.78. The maximum absolute atomic E-state index is 11.1. The van der Waals surface area contributed by atoms with Crippen molar-refractivity contribution in [2.24, 2.45) is 4.99 Å². The highest BCUT2D eigenvalue weighted by Crippen LogP contribution is 2.43. The molecule has 0 bridgehead atoms. The van der Waals surface area contributed by atoms with Crippen molar-refractivity contribution in [1.29, 1.82) is 0 Å². The van der Waals surface area contributed by atoms with Crippen LogP contribution >= 0.6 is 8.60 Å². The predicted octanol–water partition coefficient (Wildman–Crippen LogP) is 3.84. The van der Waals surface area contributed by atoms with Crippen molar-refractivity contribution in [3.8, 4) is 22.6 Å². The number of aliphatic hydroxyl groups is 2. The Bertz CT molecular complexity index is 1130. The zero-order valence-corrected chi connectivity index (χ0v) is 19.8. The van der Waals surface area contributed by atoms with E-state index in [0.717, 1.165) is 16.8 Å². The van der Waals surface area contributed by atoms with Crippen molar-refractivity contribution in [3.63, 3.8) is 0 Å². The summed E-state index contributed by atoms with van der Waals surface area (Å²) < 4.78 is 12.5. The quantitative estimate of drug-likeness (QED) is 0.340. The Balaban J connectivity index is 1.66. The SMILES string of the molecule is CC(C)(O)CCOc1ccc(-c2cn(-c3ccccc3)c3c2C(O)N(COP(O)O)C=N3)cc1. The largest absolute Gasteiger partial charge is 0.493 e. The molecule has 180 valence electrons. The second kappa shape index (κ2) is 10.2. The van der Waals surface area contributed by atoms with E-state index in [0.29, 0.717) is 30.2 Å². The summed E-state index contributed by atoms with van der Waals surface area (Å²) in [5, 5.41) is 21.0. The summed E-state index contributed by atoms with van der Waals surface area (Å²) in [4.78, 5) is 24.1. The number of ether oxygens (including phenoxy) is 1. The van der Waals surface area contributed by atoms with Gasteiger partial charge in [-0.2, -0.15) is 0 Å². The average molecular weight is 485 g/mol. The van der Waals surface area contributed by atoms with Crippen molar-refractivity contribution in [2.75, 3.05) is 13.3 Å². The van der Waals surface area contributed by atoms with Crippen LogP contribution in [0.1, 0.15) is 32.1 Å². The molecule has 0 saturated heterocycles. The molecule has 0 fully saturated rings. The Labute approximate surface area is 199 Å². The first-order chi connectivity index (χ1) is 16.2. The highest BCUT2D eigenvalue weighted by atomic mass is 31.2. The fourth-order valence-corrected chi connectivity index (χ4v) is 3.88. The fourth-order valence-electron chi connectivity index (χ4n) is 3.64. The van der Waals surface area contributed by atoms with Gasteiger partial charge in [0.05, 0.1) is 24.1 Å². The second-order valence-corrected chi connectivity index (χ2v) is 9.33. The first kappa shape index (κ1) is 24.3. The molecule has 1 atom stereocenters. The summed E-state index contributed by atoms with van der Waals surface area (Å²) in [6.07, 6.45) is 2.74. The molecule has 0 amide bonds. The summed E-state index contributed by atoms with van der Waals surface area (Å²) in [6, 6.07) is 17.2. The van der Waals surface area contributed by atoms with E-state index >= 15 is 0 Å². The summed E-state index contributed by atoms with van der Waals surface area (Å²) in [5.41, 5.74) is 2.29. The molecular formula is C24H28N3O6P. The monoisotopic (exact) mass is 485 g/mol. The number of benzene rings is 2. The number of aliphatic imine (C=N–C) groups is 1. The molecule has 1 aromatic heterocycles. The topological polar surface area (TPSA) is 120 Å².